The van der Waals surface area contributed by atoms with Gasteiger partial charge in [0.2, 0.25) is 18.1 Å². The van der Waals surface area contributed by atoms with Crippen LogP contribution >= 0.6 is 0 Å². The first-order valence-electron chi connectivity index (χ1n) is 5.21. The lowest BCUT2D eigenvalue weighted by Gasteiger charge is -2.22. The highest BCUT2D eigenvalue weighted by Gasteiger charge is 2.27. The molecule has 0 bridgehead atoms. The first-order chi connectivity index (χ1) is 7.79. The predicted molar refractivity (Wildman–Crippen MR) is 60.6 cm³/mol. The van der Waals surface area contributed by atoms with Crippen molar-refractivity contribution in [1.29, 1.82) is 0 Å². The Labute approximate surface area is 99.7 Å². The van der Waals surface area contributed by atoms with Crippen LogP contribution in [-0.4, -0.2) is 47.4 Å². The Morgan fingerprint density at radius 2 is 1.71 bits per heavy atom. The largest absolute Gasteiger partial charge is 0.391 e. The first kappa shape index (κ1) is 15.5. The second kappa shape index (κ2) is 6.97. The van der Waals surface area contributed by atoms with Gasteiger partial charge >= 0.3 is 0 Å². The van der Waals surface area contributed by atoms with Crippen LogP contribution in [-0.2, 0) is 14.4 Å². The van der Waals surface area contributed by atoms with Gasteiger partial charge in [-0.1, -0.05) is 0 Å². The van der Waals surface area contributed by atoms with E-state index in [9.17, 15) is 19.5 Å². The van der Waals surface area contributed by atoms with Gasteiger partial charge in [0.25, 0.3) is 0 Å². The van der Waals surface area contributed by atoms with Crippen LogP contribution in [0.3, 0.4) is 0 Å². The summed E-state index contributed by atoms with van der Waals surface area (Å²) in [6.45, 7) is 4.23. The molecule has 0 aliphatic heterocycles. The van der Waals surface area contributed by atoms with Gasteiger partial charge in [-0.05, 0) is 20.8 Å². The van der Waals surface area contributed by atoms with E-state index in [1.54, 1.807) is 6.29 Å². The second-order valence-electron chi connectivity index (χ2n) is 3.86. The summed E-state index contributed by atoms with van der Waals surface area (Å²) >= 11 is 0. The normalized spacial score (nSPS) is 17.5. The molecule has 97 valence electrons. The van der Waals surface area contributed by atoms with E-state index in [-0.39, 0.29) is 0 Å². The summed E-state index contributed by atoms with van der Waals surface area (Å²) in [7, 11) is 0. The number of nitrogens with one attached hydrogen (secondary N) is 2. The number of aliphatic hydroxyl groups is 1. The topological polar surface area (TPSA) is 122 Å². The molecule has 1 radical (unpaired) electrons. The van der Waals surface area contributed by atoms with Crippen molar-refractivity contribution >= 4 is 18.1 Å². The summed E-state index contributed by atoms with van der Waals surface area (Å²) < 4.78 is 0. The van der Waals surface area contributed by atoms with Crippen molar-refractivity contribution in [2.24, 2.45) is 5.73 Å². The number of nitrogens with two attached hydrogens (primary N) is 1. The van der Waals surface area contributed by atoms with Gasteiger partial charge in [-0.25, -0.2) is 0 Å². The van der Waals surface area contributed by atoms with Gasteiger partial charge in [-0.15, -0.1) is 0 Å². The van der Waals surface area contributed by atoms with Gasteiger partial charge in [0.05, 0.1) is 18.2 Å². The van der Waals surface area contributed by atoms with Crippen molar-refractivity contribution < 1.29 is 19.5 Å². The highest BCUT2D eigenvalue weighted by molar-refractivity contribution is 5.90. The summed E-state index contributed by atoms with van der Waals surface area (Å²) in [6, 6.07) is -2.75. The average Bonchev–Trinajstić information content (AvgIpc) is 2.24. The first-order valence-corrected chi connectivity index (χ1v) is 5.21. The minimum atomic E-state index is -1.15. The van der Waals surface area contributed by atoms with E-state index in [1.165, 1.54) is 20.8 Å². The lowest BCUT2D eigenvalue weighted by molar-refractivity contribution is -0.132. The molecule has 5 N–H and O–H groups in total. The third kappa shape index (κ3) is 5.41. The van der Waals surface area contributed by atoms with Gasteiger partial charge in [0.1, 0.15) is 6.04 Å². The Morgan fingerprint density at radius 3 is 2.06 bits per heavy atom. The van der Waals surface area contributed by atoms with E-state index >= 15 is 0 Å². The number of carbonyl (C=O) groups excluding carboxylic acids is 3. The van der Waals surface area contributed by atoms with Crippen LogP contribution < -0.4 is 16.4 Å². The molecule has 0 spiro atoms. The molecule has 0 aliphatic carbocycles. The van der Waals surface area contributed by atoms with Crippen molar-refractivity contribution in [2.75, 3.05) is 0 Å². The van der Waals surface area contributed by atoms with Crippen LogP contribution in [0, 0.1) is 0 Å². The molecule has 2 amide bonds. The molecule has 7 nitrogen and oxygen atoms in total. The van der Waals surface area contributed by atoms with Crippen LogP contribution in [0.15, 0.2) is 0 Å². The fourth-order valence-corrected chi connectivity index (χ4v) is 1.02. The average molecular weight is 244 g/mol. The number of hydrogen-bond acceptors (Lipinski definition) is 5. The standard InChI is InChI=1S/C10H18N3O4/c1-5(4-14)12-10(17)8(7(3)15)13-9(16)6(2)11/h5-8,15H,11H2,1-3H3,(H,12,17)(H,13,16). The molecule has 17 heavy (non-hydrogen) atoms. The van der Waals surface area contributed by atoms with Crippen molar-refractivity contribution in [2.45, 2.75) is 45.0 Å². The molecule has 0 fully saturated rings. The fourth-order valence-electron chi connectivity index (χ4n) is 1.02. The number of amides is 2. The van der Waals surface area contributed by atoms with E-state index in [0.717, 1.165) is 0 Å². The maximum absolute atomic E-state index is 11.6. The van der Waals surface area contributed by atoms with Gasteiger partial charge < -0.3 is 21.5 Å². The molecule has 0 heterocycles. The predicted octanol–water partition coefficient (Wildman–Crippen LogP) is -2.19. The molecule has 0 saturated heterocycles. The molecule has 0 rings (SSSR count). The fraction of sp³-hybridized carbons (Fsp3) is 0.700. The number of hydrogen-bond donors (Lipinski definition) is 4. The molecular weight excluding hydrogens is 226 g/mol. The smallest absolute Gasteiger partial charge is 0.245 e. The van der Waals surface area contributed by atoms with Crippen molar-refractivity contribution in [3.05, 3.63) is 0 Å². The van der Waals surface area contributed by atoms with E-state index in [4.69, 9.17) is 5.73 Å². The minimum Gasteiger partial charge on any atom is -0.391 e. The van der Waals surface area contributed by atoms with Crippen LogP contribution in [0.25, 0.3) is 0 Å². The van der Waals surface area contributed by atoms with Crippen LogP contribution in [0.4, 0.5) is 0 Å². The molecule has 0 aromatic rings. The quantitative estimate of drug-likeness (QED) is 0.423. The van der Waals surface area contributed by atoms with E-state index < -0.39 is 36.0 Å². The molecule has 4 unspecified atom stereocenters. The Balaban J connectivity index is 4.57. The molecular formula is C10H18N3O4. The summed E-state index contributed by atoms with van der Waals surface area (Å²) in [5, 5.41) is 14.0. The lowest BCUT2D eigenvalue weighted by atomic mass is 10.1. The Morgan fingerprint density at radius 1 is 1.18 bits per heavy atom. The second-order valence-corrected chi connectivity index (χ2v) is 3.86. The van der Waals surface area contributed by atoms with Crippen LogP contribution in [0.5, 0.6) is 0 Å². The SMILES string of the molecule is CC([C]=O)NC(=O)C(NC(=O)C(C)N)C(C)O. The monoisotopic (exact) mass is 244 g/mol. The van der Waals surface area contributed by atoms with E-state index in [1.807, 2.05) is 0 Å². The molecule has 4 atom stereocenters. The minimum absolute atomic E-state index is 0.561. The van der Waals surface area contributed by atoms with E-state index in [2.05, 4.69) is 10.6 Å². The van der Waals surface area contributed by atoms with Gasteiger partial charge in [0.15, 0.2) is 0 Å². The van der Waals surface area contributed by atoms with Crippen molar-refractivity contribution in [3.8, 4) is 0 Å². The zero-order valence-electron chi connectivity index (χ0n) is 10.1. The third-order valence-corrected chi connectivity index (χ3v) is 2.01. The highest BCUT2D eigenvalue weighted by atomic mass is 16.3. The molecule has 0 aromatic carbocycles. The zero-order chi connectivity index (χ0) is 13.6. The Kier molecular flexibility index (Phi) is 6.37. The lowest BCUT2D eigenvalue weighted by Crippen LogP contribution is -2.56. The van der Waals surface area contributed by atoms with Crippen molar-refractivity contribution in [3.63, 3.8) is 0 Å². The van der Waals surface area contributed by atoms with Crippen LogP contribution in [0.1, 0.15) is 20.8 Å². The number of aliphatic hydroxyl groups excluding tert-OH is 1. The summed E-state index contributed by atoms with van der Waals surface area (Å²) in [4.78, 5) is 33.2. The number of carbonyl (C=O) groups is 2. The van der Waals surface area contributed by atoms with Gasteiger partial charge in [-0.3, -0.25) is 14.4 Å². The Bertz CT molecular complexity index is 291. The molecule has 0 aromatic heterocycles. The maximum atomic E-state index is 11.6. The summed E-state index contributed by atoms with van der Waals surface area (Å²) in [5.41, 5.74) is 5.32. The number of rotatable bonds is 6. The maximum Gasteiger partial charge on any atom is 0.245 e. The molecule has 0 aliphatic rings. The van der Waals surface area contributed by atoms with Crippen molar-refractivity contribution in [1.82, 2.24) is 10.6 Å². The van der Waals surface area contributed by atoms with Gasteiger partial charge in [-0.2, -0.15) is 0 Å². The molecule has 7 heteroatoms. The third-order valence-electron chi connectivity index (χ3n) is 2.01. The van der Waals surface area contributed by atoms with E-state index in [0.29, 0.717) is 0 Å². The summed E-state index contributed by atoms with van der Waals surface area (Å²) in [6.07, 6.45) is 0.464. The summed E-state index contributed by atoms with van der Waals surface area (Å²) in [5.74, 6) is -1.22. The zero-order valence-corrected chi connectivity index (χ0v) is 10.1. The Hall–Kier alpha value is -1.47. The highest BCUT2D eigenvalue weighted by Crippen LogP contribution is 1.95. The van der Waals surface area contributed by atoms with Gasteiger partial charge in [0, 0.05) is 0 Å². The van der Waals surface area contributed by atoms with Crippen LogP contribution in [0.2, 0.25) is 0 Å². The molecule has 0 saturated carbocycles.